The molecule has 0 atom stereocenters. The van der Waals surface area contributed by atoms with Gasteiger partial charge in [0.25, 0.3) is 5.91 Å². The number of carbonyl (C=O) groups excluding carboxylic acids is 1. The van der Waals surface area contributed by atoms with Gasteiger partial charge < -0.3 is 14.2 Å². The third-order valence-electron chi connectivity index (χ3n) is 5.75. The van der Waals surface area contributed by atoms with E-state index in [1.807, 2.05) is 53.4 Å². The lowest BCUT2D eigenvalue weighted by atomic mass is 9.96. The van der Waals surface area contributed by atoms with Crippen LogP contribution in [-0.2, 0) is 0 Å². The van der Waals surface area contributed by atoms with E-state index in [0.29, 0.717) is 37.0 Å². The molecule has 31 heavy (non-hydrogen) atoms. The first-order valence-electron chi connectivity index (χ1n) is 11.1. The molecule has 2 heterocycles. The molecule has 1 saturated heterocycles. The third kappa shape index (κ3) is 5.13. The topological polar surface area (TPSA) is 68.5 Å². The van der Waals surface area contributed by atoms with Gasteiger partial charge in [-0.1, -0.05) is 48.3 Å². The summed E-state index contributed by atoms with van der Waals surface area (Å²) >= 11 is 0. The molecule has 162 valence electrons. The molecule has 1 fully saturated rings. The maximum absolute atomic E-state index is 12.9. The number of nitrogens with zero attached hydrogens (tertiary/aromatic N) is 3. The highest BCUT2D eigenvalue weighted by atomic mass is 16.5. The Bertz CT molecular complexity index is 988. The van der Waals surface area contributed by atoms with Crippen molar-refractivity contribution in [2.75, 3.05) is 19.7 Å². The minimum absolute atomic E-state index is 0.0597. The van der Waals surface area contributed by atoms with E-state index in [4.69, 9.17) is 9.26 Å². The molecule has 0 aliphatic carbocycles. The van der Waals surface area contributed by atoms with E-state index in [2.05, 4.69) is 24.0 Å². The van der Waals surface area contributed by atoms with Crippen molar-refractivity contribution in [2.24, 2.45) is 0 Å². The second-order valence-electron chi connectivity index (χ2n) is 8.12. The molecule has 0 radical (unpaired) electrons. The van der Waals surface area contributed by atoms with Gasteiger partial charge in [-0.25, -0.2) is 0 Å². The quantitative estimate of drug-likeness (QED) is 0.490. The summed E-state index contributed by atoms with van der Waals surface area (Å²) < 4.78 is 11.2. The zero-order valence-corrected chi connectivity index (χ0v) is 18.2. The van der Waals surface area contributed by atoms with Gasteiger partial charge in [-0.3, -0.25) is 4.79 Å². The lowest BCUT2D eigenvalue weighted by molar-refractivity contribution is 0.0704. The number of hydrogen-bond acceptors (Lipinski definition) is 5. The van der Waals surface area contributed by atoms with Gasteiger partial charge in [0.15, 0.2) is 0 Å². The summed E-state index contributed by atoms with van der Waals surface area (Å²) in [7, 11) is 0. The Morgan fingerprint density at radius 2 is 1.81 bits per heavy atom. The van der Waals surface area contributed by atoms with Crippen LogP contribution in [0.15, 0.2) is 53.1 Å². The van der Waals surface area contributed by atoms with E-state index < -0.39 is 0 Å². The number of hydrogen-bond donors (Lipinski definition) is 0. The van der Waals surface area contributed by atoms with Crippen molar-refractivity contribution >= 4 is 5.91 Å². The molecule has 1 aromatic heterocycles. The second kappa shape index (κ2) is 9.77. The molecule has 0 saturated carbocycles. The Morgan fingerprint density at radius 3 is 2.48 bits per heavy atom. The third-order valence-corrected chi connectivity index (χ3v) is 5.75. The van der Waals surface area contributed by atoms with Crippen molar-refractivity contribution in [2.45, 2.75) is 45.4 Å². The summed E-state index contributed by atoms with van der Waals surface area (Å²) in [5.41, 5.74) is 2.85. The number of aromatic nitrogens is 2. The fraction of sp³-hybridized carbons (Fsp3) is 0.400. The first kappa shape index (κ1) is 21.1. The zero-order chi connectivity index (χ0) is 21.6. The van der Waals surface area contributed by atoms with E-state index in [0.717, 1.165) is 37.0 Å². The summed E-state index contributed by atoms with van der Waals surface area (Å²) in [6, 6.07) is 15.5. The van der Waals surface area contributed by atoms with Crippen molar-refractivity contribution in [3.63, 3.8) is 0 Å². The van der Waals surface area contributed by atoms with Crippen molar-refractivity contribution < 1.29 is 14.1 Å². The molecule has 4 rings (SSSR count). The smallest absolute Gasteiger partial charge is 0.253 e. The standard InChI is InChI=1S/C25H29N3O3/c1-3-4-17-30-22-11-9-21(10-12-22)25(29)28-15-13-20(14-16-28)24-26-23(27-31-24)19-7-5-18(2)6-8-19/h5-12,20H,3-4,13-17H2,1-2H3. The predicted molar refractivity (Wildman–Crippen MR) is 119 cm³/mol. The zero-order valence-electron chi connectivity index (χ0n) is 18.2. The Kier molecular flexibility index (Phi) is 6.65. The SMILES string of the molecule is CCCCOc1ccc(C(=O)N2CCC(c3nc(-c4ccc(C)cc4)no3)CC2)cc1. The van der Waals surface area contributed by atoms with Gasteiger partial charge in [0, 0.05) is 30.1 Å². The number of amides is 1. The van der Waals surface area contributed by atoms with Crippen LogP contribution < -0.4 is 4.74 Å². The highest BCUT2D eigenvalue weighted by molar-refractivity contribution is 5.94. The highest BCUT2D eigenvalue weighted by Crippen LogP contribution is 2.29. The fourth-order valence-electron chi connectivity index (χ4n) is 3.76. The lowest BCUT2D eigenvalue weighted by Gasteiger charge is -2.30. The Morgan fingerprint density at radius 1 is 1.10 bits per heavy atom. The average molecular weight is 420 g/mol. The largest absolute Gasteiger partial charge is 0.494 e. The number of benzene rings is 2. The van der Waals surface area contributed by atoms with Gasteiger partial charge >= 0.3 is 0 Å². The van der Waals surface area contributed by atoms with Crippen LogP contribution in [0, 0.1) is 6.92 Å². The summed E-state index contributed by atoms with van der Waals surface area (Å²) in [5.74, 6) is 2.34. The number of carbonyl (C=O) groups is 1. The van der Waals surface area contributed by atoms with Gasteiger partial charge in [-0.15, -0.1) is 0 Å². The monoisotopic (exact) mass is 419 g/mol. The molecule has 1 aliphatic heterocycles. The molecular formula is C25H29N3O3. The van der Waals surface area contributed by atoms with E-state index >= 15 is 0 Å². The summed E-state index contributed by atoms with van der Waals surface area (Å²) in [6.07, 6.45) is 3.77. The average Bonchev–Trinajstić information content (AvgIpc) is 3.30. The van der Waals surface area contributed by atoms with Gasteiger partial charge in [0.2, 0.25) is 11.7 Å². The number of piperidine rings is 1. The Labute approximate surface area is 183 Å². The van der Waals surface area contributed by atoms with Crippen LogP contribution in [0.25, 0.3) is 11.4 Å². The number of rotatable bonds is 7. The highest BCUT2D eigenvalue weighted by Gasteiger charge is 2.28. The summed E-state index contributed by atoms with van der Waals surface area (Å²) in [5, 5.41) is 4.15. The van der Waals surface area contributed by atoms with Crippen LogP contribution in [0.1, 0.15) is 60.3 Å². The summed E-state index contributed by atoms with van der Waals surface area (Å²) in [6.45, 7) is 6.26. The summed E-state index contributed by atoms with van der Waals surface area (Å²) in [4.78, 5) is 19.4. The van der Waals surface area contributed by atoms with Gasteiger partial charge in [0.1, 0.15) is 5.75 Å². The minimum atomic E-state index is 0.0597. The van der Waals surface area contributed by atoms with Crippen LogP contribution in [-0.4, -0.2) is 40.6 Å². The fourth-order valence-corrected chi connectivity index (χ4v) is 3.76. The van der Waals surface area contributed by atoms with Gasteiger partial charge in [-0.2, -0.15) is 4.98 Å². The molecule has 0 bridgehead atoms. The molecule has 2 aromatic carbocycles. The number of ether oxygens (including phenoxy) is 1. The van der Waals surface area contributed by atoms with Gasteiger partial charge in [0.05, 0.1) is 6.61 Å². The van der Waals surface area contributed by atoms with Crippen molar-refractivity contribution in [1.29, 1.82) is 0 Å². The molecule has 6 heteroatoms. The van der Waals surface area contributed by atoms with Gasteiger partial charge in [-0.05, 0) is 50.5 Å². The van der Waals surface area contributed by atoms with E-state index in [-0.39, 0.29) is 11.8 Å². The number of aryl methyl sites for hydroxylation is 1. The second-order valence-corrected chi connectivity index (χ2v) is 8.12. The molecule has 0 spiro atoms. The van der Waals surface area contributed by atoms with E-state index in [9.17, 15) is 4.79 Å². The normalized spacial score (nSPS) is 14.6. The van der Waals surface area contributed by atoms with E-state index in [1.54, 1.807) is 0 Å². The van der Waals surface area contributed by atoms with Crippen LogP contribution in [0.3, 0.4) is 0 Å². The van der Waals surface area contributed by atoms with Crippen LogP contribution in [0.4, 0.5) is 0 Å². The first-order valence-corrected chi connectivity index (χ1v) is 11.1. The molecule has 1 amide bonds. The molecule has 3 aromatic rings. The predicted octanol–water partition coefficient (Wildman–Crippen LogP) is 5.24. The Hall–Kier alpha value is -3.15. The van der Waals surface area contributed by atoms with E-state index in [1.165, 1.54) is 5.56 Å². The number of likely N-dealkylation sites (tertiary alicyclic amines) is 1. The molecule has 1 aliphatic rings. The van der Waals surface area contributed by atoms with Crippen LogP contribution in [0.5, 0.6) is 5.75 Å². The lowest BCUT2D eigenvalue weighted by Crippen LogP contribution is -2.38. The Balaban J connectivity index is 1.32. The maximum Gasteiger partial charge on any atom is 0.253 e. The minimum Gasteiger partial charge on any atom is -0.494 e. The van der Waals surface area contributed by atoms with Crippen molar-refractivity contribution in [1.82, 2.24) is 15.0 Å². The first-order chi connectivity index (χ1) is 15.1. The molecule has 0 N–H and O–H groups in total. The maximum atomic E-state index is 12.9. The molecule has 6 nitrogen and oxygen atoms in total. The van der Waals surface area contributed by atoms with Crippen LogP contribution >= 0.6 is 0 Å². The molecular weight excluding hydrogens is 390 g/mol. The number of unbranched alkanes of at least 4 members (excludes halogenated alkanes) is 1. The van der Waals surface area contributed by atoms with Crippen molar-refractivity contribution in [3.05, 3.63) is 65.5 Å². The molecule has 0 unspecified atom stereocenters. The van der Waals surface area contributed by atoms with Crippen LogP contribution in [0.2, 0.25) is 0 Å². The van der Waals surface area contributed by atoms with Crippen molar-refractivity contribution in [3.8, 4) is 17.1 Å².